The van der Waals surface area contributed by atoms with Crippen LogP contribution >= 0.6 is 0 Å². The highest BCUT2D eigenvalue weighted by molar-refractivity contribution is 5.92. The Bertz CT molecular complexity index is 664. The fraction of sp³-hybridized carbons (Fsp3) is 0.474. The third-order valence-corrected chi connectivity index (χ3v) is 3.89. The minimum atomic E-state index is -0.112. The van der Waals surface area contributed by atoms with Crippen molar-refractivity contribution in [3.8, 4) is 5.75 Å². The van der Waals surface area contributed by atoms with E-state index in [1.807, 2.05) is 37.3 Å². The molecule has 5 nitrogen and oxygen atoms in total. The van der Waals surface area contributed by atoms with E-state index in [1.165, 1.54) is 12.8 Å². The van der Waals surface area contributed by atoms with Crippen LogP contribution in [-0.4, -0.2) is 22.3 Å². The second kappa shape index (κ2) is 9.11. The van der Waals surface area contributed by atoms with E-state index in [4.69, 9.17) is 4.74 Å². The maximum absolute atomic E-state index is 12.3. The Kier molecular flexibility index (Phi) is 6.85. The summed E-state index contributed by atoms with van der Waals surface area (Å²) in [5, 5.41) is 7.25. The second-order valence-corrected chi connectivity index (χ2v) is 5.88. The fourth-order valence-electron chi connectivity index (χ4n) is 2.47. The Balaban J connectivity index is 1.89. The van der Waals surface area contributed by atoms with E-state index in [-0.39, 0.29) is 5.91 Å². The third kappa shape index (κ3) is 5.11. The highest BCUT2D eigenvalue weighted by Crippen LogP contribution is 2.14. The van der Waals surface area contributed by atoms with Crippen molar-refractivity contribution >= 4 is 5.91 Å². The number of rotatable bonds is 9. The number of nitrogens with one attached hydrogen (secondary N) is 1. The number of nitrogens with zero attached hydrogens (tertiary/aromatic N) is 2. The van der Waals surface area contributed by atoms with Crippen LogP contribution in [0.25, 0.3) is 0 Å². The predicted octanol–water partition coefficient (Wildman–Crippen LogP) is 3.48. The average molecular weight is 329 g/mol. The molecule has 1 N–H and O–H groups in total. The number of aromatic nitrogens is 2. The lowest BCUT2D eigenvalue weighted by Crippen LogP contribution is -2.25. The van der Waals surface area contributed by atoms with Gasteiger partial charge < -0.3 is 10.1 Å². The van der Waals surface area contributed by atoms with Gasteiger partial charge in [-0.05, 0) is 36.6 Å². The number of hydrogen-bond donors (Lipinski definition) is 1. The SMILES string of the molecule is CCCCCOc1cccc(CNC(=O)c2cc(CC)nn2C)c1. The number of unbranched alkanes of at least 4 members (excludes halogenated alkanes) is 2. The molecule has 1 aromatic heterocycles. The monoisotopic (exact) mass is 329 g/mol. The van der Waals surface area contributed by atoms with Crippen molar-refractivity contribution < 1.29 is 9.53 Å². The molecule has 0 unspecified atom stereocenters. The van der Waals surface area contributed by atoms with E-state index in [9.17, 15) is 4.79 Å². The quantitative estimate of drug-likeness (QED) is 0.717. The van der Waals surface area contributed by atoms with Crippen molar-refractivity contribution in [2.75, 3.05) is 6.61 Å². The van der Waals surface area contributed by atoms with Gasteiger partial charge in [0.2, 0.25) is 0 Å². The van der Waals surface area contributed by atoms with Crippen LogP contribution in [0.3, 0.4) is 0 Å². The Labute approximate surface area is 144 Å². The number of carbonyl (C=O) groups excluding carboxylic acids is 1. The lowest BCUT2D eigenvalue weighted by atomic mass is 10.2. The fourth-order valence-corrected chi connectivity index (χ4v) is 2.47. The lowest BCUT2D eigenvalue weighted by Gasteiger charge is -2.09. The number of hydrogen-bond acceptors (Lipinski definition) is 3. The lowest BCUT2D eigenvalue weighted by molar-refractivity contribution is 0.0941. The Hall–Kier alpha value is -2.30. The van der Waals surface area contributed by atoms with Crippen molar-refractivity contribution in [1.29, 1.82) is 0 Å². The Morgan fingerprint density at radius 1 is 1.25 bits per heavy atom. The van der Waals surface area contributed by atoms with Crippen LogP contribution in [0.5, 0.6) is 5.75 Å². The highest BCUT2D eigenvalue weighted by Gasteiger charge is 2.12. The summed E-state index contributed by atoms with van der Waals surface area (Å²) in [5.74, 6) is 0.741. The van der Waals surface area contributed by atoms with E-state index in [1.54, 1.807) is 11.7 Å². The molecule has 0 atom stereocenters. The highest BCUT2D eigenvalue weighted by atomic mass is 16.5. The zero-order valence-corrected chi connectivity index (χ0v) is 14.8. The largest absolute Gasteiger partial charge is 0.494 e. The van der Waals surface area contributed by atoms with E-state index < -0.39 is 0 Å². The molecule has 1 heterocycles. The van der Waals surface area contributed by atoms with E-state index in [0.29, 0.717) is 12.2 Å². The van der Waals surface area contributed by atoms with Crippen LogP contribution in [0.4, 0.5) is 0 Å². The van der Waals surface area contributed by atoms with Crippen molar-refractivity contribution in [2.45, 2.75) is 46.1 Å². The van der Waals surface area contributed by atoms with Crippen LogP contribution in [0, 0.1) is 0 Å². The van der Waals surface area contributed by atoms with Gasteiger partial charge >= 0.3 is 0 Å². The molecule has 0 fully saturated rings. The van der Waals surface area contributed by atoms with Gasteiger partial charge in [0.05, 0.1) is 12.3 Å². The van der Waals surface area contributed by atoms with E-state index in [0.717, 1.165) is 36.5 Å². The molecule has 2 rings (SSSR count). The molecular formula is C19H27N3O2. The van der Waals surface area contributed by atoms with Crippen LogP contribution in [-0.2, 0) is 20.0 Å². The minimum absolute atomic E-state index is 0.112. The van der Waals surface area contributed by atoms with Gasteiger partial charge in [-0.3, -0.25) is 9.48 Å². The average Bonchev–Trinajstić information content (AvgIpc) is 2.98. The number of aryl methyl sites for hydroxylation is 2. The molecule has 0 bridgehead atoms. The molecule has 1 amide bonds. The molecule has 0 spiro atoms. The first-order valence-electron chi connectivity index (χ1n) is 8.66. The van der Waals surface area contributed by atoms with Crippen molar-refractivity contribution in [3.63, 3.8) is 0 Å². The molecular weight excluding hydrogens is 302 g/mol. The zero-order valence-electron chi connectivity index (χ0n) is 14.8. The standard InChI is InChI=1S/C19H27N3O2/c1-4-6-7-11-24-17-10-8-9-15(12-17)14-20-19(23)18-13-16(5-2)21-22(18)3/h8-10,12-13H,4-7,11,14H2,1-3H3,(H,20,23). The molecule has 0 aliphatic carbocycles. The first kappa shape index (κ1) is 18.0. The first-order valence-corrected chi connectivity index (χ1v) is 8.66. The molecule has 0 saturated carbocycles. The van der Waals surface area contributed by atoms with Gasteiger partial charge in [0.15, 0.2) is 0 Å². The van der Waals surface area contributed by atoms with Crippen LogP contribution in [0.2, 0.25) is 0 Å². The zero-order chi connectivity index (χ0) is 17.4. The predicted molar refractivity (Wildman–Crippen MR) is 95.2 cm³/mol. The van der Waals surface area contributed by atoms with Crippen molar-refractivity contribution in [2.24, 2.45) is 7.05 Å². The molecule has 24 heavy (non-hydrogen) atoms. The van der Waals surface area contributed by atoms with E-state index >= 15 is 0 Å². The number of carbonyl (C=O) groups is 1. The molecule has 0 saturated heterocycles. The maximum Gasteiger partial charge on any atom is 0.269 e. The first-order chi connectivity index (χ1) is 11.6. The summed E-state index contributed by atoms with van der Waals surface area (Å²) in [7, 11) is 1.79. The number of benzene rings is 1. The summed E-state index contributed by atoms with van der Waals surface area (Å²) in [4.78, 5) is 12.3. The number of amides is 1. The number of ether oxygens (including phenoxy) is 1. The summed E-state index contributed by atoms with van der Waals surface area (Å²) in [6, 6.07) is 9.71. The summed E-state index contributed by atoms with van der Waals surface area (Å²) in [6.45, 7) is 5.40. The van der Waals surface area contributed by atoms with Gasteiger partial charge in [-0.15, -0.1) is 0 Å². The van der Waals surface area contributed by atoms with Gasteiger partial charge in [0.25, 0.3) is 5.91 Å². The molecule has 0 aliphatic rings. The van der Waals surface area contributed by atoms with Crippen LogP contribution in [0.15, 0.2) is 30.3 Å². The molecule has 130 valence electrons. The molecule has 0 aliphatic heterocycles. The normalized spacial score (nSPS) is 10.6. The smallest absolute Gasteiger partial charge is 0.269 e. The molecule has 0 radical (unpaired) electrons. The summed E-state index contributed by atoms with van der Waals surface area (Å²) in [5.41, 5.74) is 2.53. The minimum Gasteiger partial charge on any atom is -0.494 e. The van der Waals surface area contributed by atoms with Crippen molar-refractivity contribution in [1.82, 2.24) is 15.1 Å². The Morgan fingerprint density at radius 2 is 2.08 bits per heavy atom. The van der Waals surface area contributed by atoms with Crippen LogP contribution in [0.1, 0.15) is 54.9 Å². The summed E-state index contributed by atoms with van der Waals surface area (Å²) in [6.07, 6.45) is 4.25. The van der Waals surface area contributed by atoms with Gasteiger partial charge in [-0.25, -0.2) is 0 Å². The maximum atomic E-state index is 12.3. The van der Waals surface area contributed by atoms with Crippen molar-refractivity contribution in [3.05, 3.63) is 47.3 Å². The third-order valence-electron chi connectivity index (χ3n) is 3.89. The Morgan fingerprint density at radius 3 is 2.79 bits per heavy atom. The second-order valence-electron chi connectivity index (χ2n) is 5.88. The molecule has 5 heteroatoms. The molecule has 1 aromatic carbocycles. The molecule has 2 aromatic rings. The topological polar surface area (TPSA) is 56.1 Å². The summed E-state index contributed by atoms with van der Waals surface area (Å²) >= 11 is 0. The van der Waals surface area contributed by atoms with Gasteiger partial charge in [0, 0.05) is 13.6 Å². The summed E-state index contributed by atoms with van der Waals surface area (Å²) < 4.78 is 7.38. The van der Waals surface area contributed by atoms with E-state index in [2.05, 4.69) is 17.3 Å². The van der Waals surface area contributed by atoms with Gasteiger partial charge in [0.1, 0.15) is 11.4 Å². The van der Waals surface area contributed by atoms with Gasteiger partial charge in [-0.2, -0.15) is 5.10 Å². The van der Waals surface area contributed by atoms with Crippen LogP contribution < -0.4 is 10.1 Å². The van der Waals surface area contributed by atoms with Gasteiger partial charge in [-0.1, -0.05) is 38.8 Å².